The molecule has 0 unspecified atom stereocenters. The van der Waals surface area contributed by atoms with Crippen LogP contribution in [0.3, 0.4) is 0 Å². The largest absolute Gasteiger partial charge is 0.319 e. The number of benzene rings is 1. The maximum Gasteiger partial charge on any atom is 0.255 e. The molecule has 20 heavy (non-hydrogen) atoms. The smallest absolute Gasteiger partial charge is 0.255 e. The summed E-state index contributed by atoms with van der Waals surface area (Å²) in [5.74, 6) is -0.254. The van der Waals surface area contributed by atoms with Crippen molar-refractivity contribution in [2.45, 2.75) is 0 Å². The number of hydrogen-bond donors (Lipinski definition) is 1. The molecule has 0 fully saturated rings. The van der Waals surface area contributed by atoms with Crippen LogP contribution in [-0.4, -0.2) is 20.5 Å². The van der Waals surface area contributed by atoms with Crippen molar-refractivity contribution in [2.24, 2.45) is 0 Å². The van der Waals surface area contributed by atoms with Crippen LogP contribution in [0.15, 0.2) is 47.3 Å². The fraction of sp³-hybridized carbons (Fsp3) is 0. The number of rotatable bonds is 2. The fourth-order valence-electron chi connectivity index (χ4n) is 1.82. The van der Waals surface area contributed by atoms with Gasteiger partial charge in [0.25, 0.3) is 5.91 Å². The first-order valence-electron chi connectivity index (χ1n) is 5.69. The van der Waals surface area contributed by atoms with E-state index in [0.29, 0.717) is 21.9 Å². The molecular weight excluding hydrogens is 344 g/mol. The highest BCUT2D eigenvalue weighted by molar-refractivity contribution is 9.10. The third-order valence-electron chi connectivity index (χ3n) is 2.69. The van der Waals surface area contributed by atoms with Crippen molar-refractivity contribution in [1.29, 1.82) is 0 Å². The fourth-order valence-corrected chi connectivity index (χ4v) is 2.46. The molecule has 0 saturated heterocycles. The molecule has 0 aliphatic heterocycles. The van der Waals surface area contributed by atoms with Crippen LogP contribution >= 0.6 is 27.5 Å². The van der Waals surface area contributed by atoms with Crippen LogP contribution in [0, 0.1) is 0 Å². The number of fused-ring (bicyclic) bond motifs is 1. The van der Waals surface area contributed by atoms with E-state index < -0.39 is 0 Å². The quantitative estimate of drug-likeness (QED) is 0.770. The van der Waals surface area contributed by atoms with Crippen molar-refractivity contribution in [3.63, 3.8) is 0 Å². The third-order valence-corrected chi connectivity index (χ3v) is 3.36. The van der Waals surface area contributed by atoms with Gasteiger partial charge in [-0.2, -0.15) is 0 Å². The number of nitrogens with zero attached hydrogens (tertiary/aromatic N) is 3. The first-order valence-corrected chi connectivity index (χ1v) is 6.86. The van der Waals surface area contributed by atoms with Crippen LogP contribution in [0.1, 0.15) is 10.4 Å². The van der Waals surface area contributed by atoms with Crippen LogP contribution < -0.4 is 5.32 Å². The van der Waals surface area contributed by atoms with Gasteiger partial charge >= 0.3 is 0 Å². The van der Waals surface area contributed by atoms with Gasteiger partial charge in [-0.25, -0.2) is 0 Å². The van der Waals surface area contributed by atoms with Crippen molar-refractivity contribution in [3.8, 4) is 0 Å². The predicted molar refractivity (Wildman–Crippen MR) is 80.1 cm³/mol. The highest BCUT2D eigenvalue weighted by atomic mass is 79.9. The number of hydrogen-bond acceptors (Lipinski definition) is 3. The molecule has 3 aromatic rings. The summed E-state index contributed by atoms with van der Waals surface area (Å²) in [6.45, 7) is 0. The molecule has 0 spiro atoms. The molecule has 2 aromatic heterocycles. The zero-order chi connectivity index (χ0) is 14.1. The summed E-state index contributed by atoms with van der Waals surface area (Å²) >= 11 is 9.26. The summed E-state index contributed by atoms with van der Waals surface area (Å²) in [5, 5.41) is 11.1. The van der Waals surface area contributed by atoms with Gasteiger partial charge in [0.1, 0.15) is 6.33 Å². The Labute approximate surface area is 127 Å². The molecule has 0 atom stereocenters. The monoisotopic (exact) mass is 350 g/mol. The summed E-state index contributed by atoms with van der Waals surface area (Å²) < 4.78 is 2.53. The summed E-state index contributed by atoms with van der Waals surface area (Å²) in [6, 6.07) is 8.52. The van der Waals surface area contributed by atoms with Gasteiger partial charge in [-0.15, -0.1) is 10.2 Å². The summed E-state index contributed by atoms with van der Waals surface area (Å²) in [7, 11) is 0. The average molecular weight is 352 g/mol. The van der Waals surface area contributed by atoms with E-state index in [0.717, 1.165) is 4.47 Å². The van der Waals surface area contributed by atoms with Crippen LogP contribution in [0.2, 0.25) is 5.02 Å². The highest BCUT2D eigenvalue weighted by Gasteiger charge is 2.11. The lowest BCUT2D eigenvalue weighted by atomic mass is 10.2. The van der Waals surface area contributed by atoms with Gasteiger partial charge in [-0.1, -0.05) is 17.7 Å². The first-order chi connectivity index (χ1) is 9.63. The maximum atomic E-state index is 12.2. The van der Waals surface area contributed by atoms with Gasteiger partial charge in [0.2, 0.25) is 0 Å². The molecule has 1 N–H and O–H groups in total. The molecule has 0 bridgehead atoms. The third kappa shape index (κ3) is 2.52. The van der Waals surface area contributed by atoms with Crippen LogP contribution in [0.25, 0.3) is 5.65 Å². The van der Waals surface area contributed by atoms with E-state index in [2.05, 4.69) is 31.4 Å². The van der Waals surface area contributed by atoms with E-state index >= 15 is 0 Å². The number of halogens is 2. The van der Waals surface area contributed by atoms with E-state index in [1.54, 1.807) is 41.1 Å². The minimum Gasteiger partial charge on any atom is -0.319 e. The molecular formula is C13H8BrClN4O. The maximum absolute atomic E-state index is 12.2. The van der Waals surface area contributed by atoms with E-state index in [4.69, 9.17) is 11.6 Å². The second-order valence-electron chi connectivity index (χ2n) is 4.10. The Bertz CT molecular complexity index is 802. The van der Waals surface area contributed by atoms with Crippen molar-refractivity contribution < 1.29 is 4.79 Å². The van der Waals surface area contributed by atoms with Gasteiger partial charge in [0.05, 0.1) is 5.69 Å². The zero-order valence-corrected chi connectivity index (χ0v) is 12.4. The number of carbonyl (C=O) groups is 1. The Morgan fingerprint density at radius 3 is 3.00 bits per heavy atom. The van der Waals surface area contributed by atoms with E-state index in [9.17, 15) is 4.79 Å². The van der Waals surface area contributed by atoms with Gasteiger partial charge < -0.3 is 5.32 Å². The standard InChI is InChI=1S/C13H8BrClN4O/c14-9-5-11(12-18-16-7-19(12)6-9)17-13(20)8-2-1-3-10(15)4-8/h1-7H,(H,17,20). The minimum absolute atomic E-state index is 0.254. The second-order valence-corrected chi connectivity index (χ2v) is 5.45. The second kappa shape index (κ2) is 5.22. The Balaban J connectivity index is 1.97. The Hall–Kier alpha value is -1.92. The Kier molecular flexibility index (Phi) is 3.42. The van der Waals surface area contributed by atoms with Gasteiger partial charge in [0.15, 0.2) is 5.65 Å². The SMILES string of the molecule is O=C(Nc1cc(Br)cn2cnnc12)c1cccc(Cl)c1. The molecule has 0 radical (unpaired) electrons. The average Bonchev–Trinajstić information content (AvgIpc) is 2.86. The van der Waals surface area contributed by atoms with Gasteiger partial charge in [0, 0.05) is 21.3 Å². The Morgan fingerprint density at radius 1 is 1.35 bits per heavy atom. The van der Waals surface area contributed by atoms with Gasteiger partial charge in [-0.3, -0.25) is 9.20 Å². The van der Waals surface area contributed by atoms with Crippen molar-refractivity contribution >= 4 is 44.8 Å². The summed E-state index contributed by atoms with van der Waals surface area (Å²) in [4.78, 5) is 12.2. The predicted octanol–water partition coefficient (Wildman–Crippen LogP) is 3.40. The van der Waals surface area contributed by atoms with E-state index in [1.165, 1.54) is 0 Å². The Morgan fingerprint density at radius 2 is 2.20 bits per heavy atom. The first kappa shape index (κ1) is 13.1. The lowest BCUT2D eigenvalue weighted by molar-refractivity contribution is 0.102. The molecule has 100 valence electrons. The minimum atomic E-state index is -0.254. The molecule has 0 saturated carbocycles. The van der Waals surface area contributed by atoms with Crippen LogP contribution in [0.5, 0.6) is 0 Å². The molecule has 1 aromatic carbocycles. The number of anilines is 1. The molecule has 7 heteroatoms. The van der Waals surface area contributed by atoms with E-state index in [1.807, 2.05) is 6.20 Å². The molecule has 0 aliphatic carbocycles. The lowest BCUT2D eigenvalue weighted by Gasteiger charge is -2.07. The normalized spacial score (nSPS) is 10.7. The summed E-state index contributed by atoms with van der Waals surface area (Å²) in [5.41, 5.74) is 1.63. The number of aromatic nitrogens is 3. The van der Waals surface area contributed by atoms with Crippen LogP contribution in [-0.2, 0) is 0 Å². The molecule has 3 rings (SSSR count). The summed E-state index contributed by atoms with van der Waals surface area (Å²) in [6.07, 6.45) is 3.37. The zero-order valence-electron chi connectivity index (χ0n) is 10.0. The molecule has 1 amide bonds. The van der Waals surface area contributed by atoms with Crippen LogP contribution in [0.4, 0.5) is 5.69 Å². The number of nitrogens with one attached hydrogen (secondary N) is 1. The van der Waals surface area contributed by atoms with Crippen molar-refractivity contribution in [2.75, 3.05) is 5.32 Å². The number of carbonyl (C=O) groups excluding carboxylic acids is 1. The van der Waals surface area contributed by atoms with E-state index in [-0.39, 0.29) is 5.91 Å². The molecule has 5 nitrogen and oxygen atoms in total. The van der Waals surface area contributed by atoms with Gasteiger partial charge in [-0.05, 0) is 40.2 Å². The number of amides is 1. The van der Waals surface area contributed by atoms with Crippen molar-refractivity contribution in [3.05, 3.63) is 57.9 Å². The number of pyridine rings is 1. The molecule has 0 aliphatic rings. The molecule has 2 heterocycles. The lowest BCUT2D eigenvalue weighted by Crippen LogP contribution is -2.12. The highest BCUT2D eigenvalue weighted by Crippen LogP contribution is 2.21. The topological polar surface area (TPSA) is 59.3 Å². The van der Waals surface area contributed by atoms with Crippen molar-refractivity contribution in [1.82, 2.24) is 14.6 Å².